The molecule has 0 aromatic carbocycles. The lowest BCUT2D eigenvalue weighted by atomic mass is 9.90. The molecule has 1 atom stereocenters. The maximum atomic E-state index is 5.51. The molecule has 0 bridgehead atoms. The van der Waals surface area contributed by atoms with Gasteiger partial charge in [0.2, 0.25) is 0 Å². The van der Waals surface area contributed by atoms with Gasteiger partial charge in [0.15, 0.2) is 5.96 Å². The van der Waals surface area contributed by atoms with Gasteiger partial charge in [0.05, 0.1) is 6.61 Å². The molecule has 2 fully saturated rings. The van der Waals surface area contributed by atoms with Crippen molar-refractivity contribution >= 4 is 17.7 Å². The minimum Gasteiger partial charge on any atom is -0.381 e. The fourth-order valence-corrected chi connectivity index (χ4v) is 3.78. The molecule has 0 aliphatic carbocycles. The van der Waals surface area contributed by atoms with Crippen molar-refractivity contribution in [3.8, 4) is 0 Å². The van der Waals surface area contributed by atoms with Crippen LogP contribution in [0, 0.1) is 5.41 Å². The standard InChI is InChI=1S/C14H27N3OS/c1-13(2)10-17(6-8-19-13)12(15-4)16-9-14(3)5-7-18-11-14/h5-11H2,1-4H3,(H,15,16). The first-order valence-electron chi connectivity index (χ1n) is 7.11. The van der Waals surface area contributed by atoms with E-state index < -0.39 is 0 Å². The number of thioether (sulfide) groups is 1. The van der Waals surface area contributed by atoms with Crippen molar-refractivity contribution in [1.29, 1.82) is 0 Å². The molecule has 2 heterocycles. The fourth-order valence-electron chi connectivity index (χ4n) is 2.67. The molecule has 1 unspecified atom stereocenters. The molecular weight excluding hydrogens is 258 g/mol. The Bertz CT molecular complexity index is 338. The van der Waals surface area contributed by atoms with Gasteiger partial charge in [-0.2, -0.15) is 11.8 Å². The van der Waals surface area contributed by atoms with Gasteiger partial charge < -0.3 is 15.0 Å². The van der Waals surface area contributed by atoms with Crippen molar-refractivity contribution in [2.24, 2.45) is 10.4 Å². The Morgan fingerprint density at radius 3 is 2.79 bits per heavy atom. The van der Waals surface area contributed by atoms with Crippen molar-refractivity contribution in [2.45, 2.75) is 31.9 Å². The number of hydrogen-bond donors (Lipinski definition) is 1. The van der Waals surface area contributed by atoms with Gasteiger partial charge in [-0.1, -0.05) is 6.92 Å². The van der Waals surface area contributed by atoms with Crippen LogP contribution in [0.15, 0.2) is 4.99 Å². The topological polar surface area (TPSA) is 36.9 Å². The molecule has 0 spiro atoms. The predicted octanol–water partition coefficient (Wildman–Crippen LogP) is 1.82. The number of rotatable bonds is 2. The summed E-state index contributed by atoms with van der Waals surface area (Å²) in [6.45, 7) is 11.8. The van der Waals surface area contributed by atoms with Gasteiger partial charge in [-0.25, -0.2) is 0 Å². The molecule has 2 rings (SSSR count). The van der Waals surface area contributed by atoms with Crippen molar-refractivity contribution in [2.75, 3.05) is 45.6 Å². The average Bonchev–Trinajstić information content (AvgIpc) is 2.76. The zero-order chi connectivity index (χ0) is 13.9. The van der Waals surface area contributed by atoms with Gasteiger partial charge in [-0.05, 0) is 20.3 Å². The van der Waals surface area contributed by atoms with Gasteiger partial charge >= 0.3 is 0 Å². The lowest BCUT2D eigenvalue weighted by Gasteiger charge is -2.39. The zero-order valence-electron chi connectivity index (χ0n) is 12.7. The maximum absolute atomic E-state index is 5.51. The highest BCUT2D eigenvalue weighted by Crippen LogP contribution is 2.30. The van der Waals surface area contributed by atoms with E-state index >= 15 is 0 Å². The summed E-state index contributed by atoms with van der Waals surface area (Å²) >= 11 is 2.05. The number of ether oxygens (including phenoxy) is 1. The van der Waals surface area contributed by atoms with Crippen LogP contribution in [0.2, 0.25) is 0 Å². The largest absolute Gasteiger partial charge is 0.381 e. The van der Waals surface area contributed by atoms with E-state index in [2.05, 4.69) is 47.7 Å². The fraction of sp³-hybridized carbons (Fsp3) is 0.929. The Morgan fingerprint density at radius 2 is 2.21 bits per heavy atom. The Morgan fingerprint density at radius 1 is 1.42 bits per heavy atom. The van der Waals surface area contributed by atoms with Crippen LogP contribution in [0.5, 0.6) is 0 Å². The highest BCUT2D eigenvalue weighted by molar-refractivity contribution is 8.00. The number of nitrogens with zero attached hydrogens (tertiary/aromatic N) is 2. The average molecular weight is 285 g/mol. The molecule has 0 aromatic rings. The molecule has 0 aromatic heterocycles. The normalized spacial score (nSPS) is 31.6. The first kappa shape index (κ1) is 15.0. The zero-order valence-corrected chi connectivity index (χ0v) is 13.5. The van der Waals surface area contributed by atoms with Gasteiger partial charge in [0, 0.05) is 49.2 Å². The van der Waals surface area contributed by atoms with E-state index in [4.69, 9.17) is 4.74 Å². The van der Waals surface area contributed by atoms with Crippen molar-refractivity contribution in [3.63, 3.8) is 0 Å². The van der Waals surface area contributed by atoms with E-state index in [1.807, 2.05) is 7.05 Å². The Kier molecular flexibility index (Phi) is 4.66. The summed E-state index contributed by atoms with van der Waals surface area (Å²) in [5.74, 6) is 2.22. The van der Waals surface area contributed by atoms with Crippen LogP contribution < -0.4 is 5.32 Å². The molecule has 19 heavy (non-hydrogen) atoms. The molecule has 110 valence electrons. The summed E-state index contributed by atoms with van der Waals surface area (Å²) in [6.07, 6.45) is 1.14. The van der Waals surface area contributed by atoms with Gasteiger partial charge in [0.25, 0.3) is 0 Å². The van der Waals surface area contributed by atoms with Crippen LogP contribution >= 0.6 is 11.8 Å². The second-order valence-electron chi connectivity index (χ2n) is 6.54. The van der Waals surface area contributed by atoms with Crippen LogP contribution in [0.25, 0.3) is 0 Å². The third-order valence-corrected chi connectivity index (χ3v) is 5.21. The number of hydrogen-bond acceptors (Lipinski definition) is 3. The summed E-state index contributed by atoms with van der Waals surface area (Å²) in [4.78, 5) is 6.84. The van der Waals surface area contributed by atoms with Gasteiger partial charge in [-0.15, -0.1) is 0 Å². The van der Waals surface area contributed by atoms with Crippen molar-refractivity contribution in [3.05, 3.63) is 0 Å². The maximum Gasteiger partial charge on any atom is 0.193 e. The Labute approximate surface area is 121 Å². The molecular formula is C14H27N3OS. The van der Waals surface area contributed by atoms with E-state index in [-0.39, 0.29) is 5.41 Å². The molecule has 2 aliphatic rings. The third kappa shape index (κ3) is 4.02. The van der Waals surface area contributed by atoms with E-state index in [0.29, 0.717) is 4.75 Å². The molecule has 0 radical (unpaired) electrons. The second-order valence-corrected chi connectivity index (χ2v) is 8.35. The minimum absolute atomic E-state index is 0.260. The summed E-state index contributed by atoms with van der Waals surface area (Å²) < 4.78 is 5.82. The summed E-state index contributed by atoms with van der Waals surface area (Å²) in [6, 6.07) is 0. The summed E-state index contributed by atoms with van der Waals surface area (Å²) in [7, 11) is 1.88. The van der Waals surface area contributed by atoms with Crippen LogP contribution in [0.1, 0.15) is 27.2 Å². The van der Waals surface area contributed by atoms with E-state index in [1.165, 1.54) is 5.75 Å². The van der Waals surface area contributed by atoms with Crippen molar-refractivity contribution < 1.29 is 4.74 Å². The summed E-state index contributed by atoms with van der Waals surface area (Å²) in [5.41, 5.74) is 0.260. The number of aliphatic imine (C=N–C) groups is 1. The third-order valence-electron chi connectivity index (χ3n) is 3.91. The summed E-state index contributed by atoms with van der Waals surface area (Å²) in [5, 5.41) is 3.55. The Balaban J connectivity index is 1.89. The van der Waals surface area contributed by atoms with Gasteiger partial charge in [0.1, 0.15) is 0 Å². The monoisotopic (exact) mass is 285 g/mol. The lowest BCUT2D eigenvalue weighted by molar-refractivity contribution is 0.160. The lowest BCUT2D eigenvalue weighted by Crippen LogP contribution is -2.52. The van der Waals surface area contributed by atoms with E-state index in [1.54, 1.807) is 0 Å². The first-order chi connectivity index (χ1) is 8.94. The van der Waals surface area contributed by atoms with Crippen LogP contribution in [0.3, 0.4) is 0 Å². The molecule has 1 N–H and O–H groups in total. The van der Waals surface area contributed by atoms with Crippen LogP contribution in [-0.4, -0.2) is 61.3 Å². The van der Waals surface area contributed by atoms with Gasteiger partial charge in [-0.3, -0.25) is 4.99 Å². The van der Waals surface area contributed by atoms with Crippen molar-refractivity contribution in [1.82, 2.24) is 10.2 Å². The van der Waals surface area contributed by atoms with Crippen LogP contribution in [0.4, 0.5) is 0 Å². The molecule has 2 saturated heterocycles. The highest BCUT2D eigenvalue weighted by atomic mass is 32.2. The molecule has 0 saturated carbocycles. The van der Waals surface area contributed by atoms with E-state index in [0.717, 1.165) is 45.2 Å². The quantitative estimate of drug-likeness (QED) is 0.620. The minimum atomic E-state index is 0.260. The SMILES string of the molecule is CN=C(NCC1(C)CCOC1)N1CCSC(C)(C)C1. The second kappa shape index (κ2) is 5.92. The first-order valence-corrected chi connectivity index (χ1v) is 8.10. The molecule has 0 amide bonds. The number of guanidine groups is 1. The predicted molar refractivity (Wildman–Crippen MR) is 83.0 cm³/mol. The Hall–Kier alpha value is -0.420. The van der Waals surface area contributed by atoms with E-state index in [9.17, 15) is 0 Å². The molecule has 2 aliphatic heterocycles. The molecule has 4 nitrogen and oxygen atoms in total. The smallest absolute Gasteiger partial charge is 0.193 e. The highest BCUT2D eigenvalue weighted by Gasteiger charge is 2.32. The van der Waals surface area contributed by atoms with Crippen LogP contribution in [-0.2, 0) is 4.74 Å². The number of nitrogens with one attached hydrogen (secondary N) is 1. The molecule has 5 heteroatoms.